The first-order valence-electron chi connectivity index (χ1n) is 8.16. The van der Waals surface area contributed by atoms with Gasteiger partial charge in [-0.2, -0.15) is 0 Å². The van der Waals surface area contributed by atoms with Crippen LogP contribution >= 0.6 is 0 Å². The van der Waals surface area contributed by atoms with E-state index in [0.717, 1.165) is 18.7 Å². The molecule has 1 aliphatic rings. The lowest BCUT2D eigenvalue weighted by molar-refractivity contribution is -0.173. The van der Waals surface area contributed by atoms with Crippen molar-refractivity contribution in [2.75, 3.05) is 13.2 Å². The van der Waals surface area contributed by atoms with Gasteiger partial charge in [-0.1, -0.05) is 11.3 Å². The zero-order chi connectivity index (χ0) is 16.9. The molecule has 0 amide bonds. The van der Waals surface area contributed by atoms with E-state index in [1.54, 1.807) is 4.68 Å². The van der Waals surface area contributed by atoms with Crippen LogP contribution < -0.4 is 0 Å². The lowest BCUT2D eigenvalue weighted by Crippen LogP contribution is -2.43. The average Bonchev–Trinajstić information content (AvgIpc) is 2.91. The van der Waals surface area contributed by atoms with E-state index in [1.165, 1.54) is 0 Å². The number of aromatic nitrogens is 3. The summed E-state index contributed by atoms with van der Waals surface area (Å²) < 4.78 is 12.9. The highest BCUT2D eigenvalue weighted by molar-refractivity contribution is 5.77. The minimum Gasteiger partial charge on any atom is -0.460 e. The van der Waals surface area contributed by atoms with Gasteiger partial charge in [0.1, 0.15) is 5.60 Å². The van der Waals surface area contributed by atoms with Crippen molar-refractivity contribution < 1.29 is 14.3 Å². The van der Waals surface area contributed by atoms with Gasteiger partial charge >= 0.3 is 5.97 Å². The molecular formula is C17H27N3O3. The van der Waals surface area contributed by atoms with E-state index in [1.807, 2.05) is 33.0 Å². The summed E-state index contributed by atoms with van der Waals surface area (Å²) in [5, 5.41) is 8.34. The van der Waals surface area contributed by atoms with Crippen molar-refractivity contribution in [2.24, 2.45) is 5.41 Å². The Bertz CT molecular complexity index is 540. The second kappa shape index (κ2) is 7.25. The molecule has 1 saturated heterocycles. The lowest BCUT2D eigenvalue weighted by atomic mass is 9.76. The minimum absolute atomic E-state index is 0.158. The number of aryl methyl sites for hydroxylation is 1. The third-order valence-electron chi connectivity index (χ3n) is 3.95. The molecule has 6 heteroatoms. The number of hydrogen-bond acceptors (Lipinski definition) is 5. The second-order valence-electron chi connectivity index (χ2n) is 7.12. The van der Waals surface area contributed by atoms with Gasteiger partial charge in [0, 0.05) is 32.4 Å². The summed E-state index contributed by atoms with van der Waals surface area (Å²) in [5.74, 6) is -0.158. The summed E-state index contributed by atoms with van der Waals surface area (Å²) in [6.07, 6.45) is 6.45. The molecular weight excluding hydrogens is 294 g/mol. The fourth-order valence-corrected chi connectivity index (χ4v) is 2.70. The third-order valence-corrected chi connectivity index (χ3v) is 3.95. The van der Waals surface area contributed by atoms with Gasteiger partial charge in [-0.25, -0.2) is 0 Å². The zero-order valence-electron chi connectivity index (χ0n) is 14.4. The molecule has 0 saturated carbocycles. The van der Waals surface area contributed by atoms with E-state index in [4.69, 9.17) is 9.47 Å². The number of carbonyl (C=O) groups excluding carboxylic acids is 1. The fourth-order valence-electron chi connectivity index (χ4n) is 2.70. The molecule has 0 spiro atoms. The first-order valence-corrected chi connectivity index (χ1v) is 8.16. The summed E-state index contributed by atoms with van der Waals surface area (Å²) in [6, 6.07) is 0. The van der Waals surface area contributed by atoms with Gasteiger partial charge in [-0.05, 0) is 40.0 Å². The van der Waals surface area contributed by atoms with Gasteiger partial charge in [-0.15, -0.1) is 11.7 Å². The quantitative estimate of drug-likeness (QED) is 0.595. The number of rotatable bonds is 6. The highest BCUT2D eigenvalue weighted by atomic mass is 16.6. The number of hydrogen-bond donors (Lipinski definition) is 0. The number of esters is 1. The summed E-state index contributed by atoms with van der Waals surface area (Å²) >= 11 is 0. The van der Waals surface area contributed by atoms with Crippen LogP contribution in [0, 0.1) is 5.41 Å². The van der Waals surface area contributed by atoms with E-state index in [2.05, 4.69) is 16.9 Å². The summed E-state index contributed by atoms with van der Waals surface area (Å²) in [4.78, 5) is 12.8. The van der Waals surface area contributed by atoms with Crippen LogP contribution in [0.5, 0.6) is 0 Å². The van der Waals surface area contributed by atoms with E-state index in [0.29, 0.717) is 32.5 Å². The van der Waals surface area contributed by atoms with Crippen molar-refractivity contribution in [3.63, 3.8) is 0 Å². The molecule has 1 aliphatic heterocycles. The van der Waals surface area contributed by atoms with E-state index in [-0.39, 0.29) is 5.97 Å². The second-order valence-corrected chi connectivity index (χ2v) is 7.12. The van der Waals surface area contributed by atoms with Crippen LogP contribution in [-0.2, 0) is 27.2 Å². The Morgan fingerprint density at radius 2 is 2.17 bits per heavy atom. The molecule has 0 radical (unpaired) electrons. The molecule has 1 aromatic heterocycles. The largest absolute Gasteiger partial charge is 0.460 e. The summed E-state index contributed by atoms with van der Waals surface area (Å²) in [6.45, 7) is 11.3. The van der Waals surface area contributed by atoms with E-state index >= 15 is 0 Å². The predicted octanol–water partition coefficient (Wildman–Crippen LogP) is 2.54. The Balaban J connectivity index is 2.13. The molecule has 0 aliphatic carbocycles. The Labute approximate surface area is 137 Å². The normalized spacial score (nSPS) is 17.7. The number of allylic oxidation sites excluding steroid dienone is 1. The van der Waals surface area contributed by atoms with Crippen LogP contribution in [0.3, 0.4) is 0 Å². The SMILES string of the molecule is C=CCCn1cc(CC2(C(=O)OC(C)(C)C)CCOCC2)nn1. The molecule has 0 N–H and O–H groups in total. The monoisotopic (exact) mass is 321 g/mol. The Hall–Kier alpha value is -1.69. The van der Waals surface area contributed by atoms with Crippen LogP contribution in [0.4, 0.5) is 0 Å². The number of ether oxygens (including phenoxy) is 2. The van der Waals surface area contributed by atoms with Crippen LogP contribution in [0.25, 0.3) is 0 Å². The molecule has 23 heavy (non-hydrogen) atoms. The Morgan fingerprint density at radius 3 is 2.78 bits per heavy atom. The van der Waals surface area contributed by atoms with Crippen LogP contribution in [-0.4, -0.2) is 39.8 Å². The van der Waals surface area contributed by atoms with Crippen molar-refractivity contribution in [1.82, 2.24) is 15.0 Å². The Kier molecular flexibility index (Phi) is 5.57. The smallest absolute Gasteiger partial charge is 0.313 e. The van der Waals surface area contributed by atoms with Crippen LogP contribution in [0.15, 0.2) is 18.9 Å². The first-order chi connectivity index (χ1) is 10.8. The van der Waals surface area contributed by atoms with Crippen molar-refractivity contribution in [1.29, 1.82) is 0 Å². The van der Waals surface area contributed by atoms with Crippen molar-refractivity contribution >= 4 is 5.97 Å². The van der Waals surface area contributed by atoms with Crippen molar-refractivity contribution in [2.45, 2.75) is 58.6 Å². The molecule has 1 aromatic rings. The molecule has 0 atom stereocenters. The summed E-state index contributed by atoms with van der Waals surface area (Å²) in [5.41, 5.74) is -0.240. The highest BCUT2D eigenvalue weighted by Crippen LogP contribution is 2.36. The fraction of sp³-hybridized carbons (Fsp3) is 0.706. The maximum absolute atomic E-state index is 12.8. The standard InChI is InChI=1S/C17H27N3O3/c1-5-6-9-20-13-14(18-19-20)12-17(7-10-22-11-8-17)15(21)23-16(2,3)4/h5,13H,1,6-12H2,2-4H3. The zero-order valence-corrected chi connectivity index (χ0v) is 14.4. The van der Waals surface area contributed by atoms with Gasteiger partial charge in [0.2, 0.25) is 0 Å². The average molecular weight is 321 g/mol. The highest BCUT2D eigenvalue weighted by Gasteiger charge is 2.43. The molecule has 6 nitrogen and oxygen atoms in total. The number of nitrogens with zero attached hydrogens (tertiary/aromatic N) is 3. The van der Waals surface area contributed by atoms with Gasteiger partial charge < -0.3 is 9.47 Å². The van der Waals surface area contributed by atoms with Crippen LogP contribution in [0.2, 0.25) is 0 Å². The predicted molar refractivity (Wildman–Crippen MR) is 86.9 cm³/mol. The molecule has 0 unspecified atom stereocenters. The maximum atomic E-state index is 12.8. The first kappa shape index (κ1) is 17.7. The number of carbonyl (C=O) groups is 1. The van der Waals surface area contributed by atoms with E-state index < -0.39 is 11.0 Å². The molecule has 1 fully saturated rings. The molecule has 128 valence electrons. The van der Waals surface area contributed by atoms with E-state index in [9.17, 15) is 4.79 Å². The maximum Gasteiger partial charge on any atom is 0.313 e. The minimum atomic E-state index is -0.565. The summed E-state index contributed by atoms with van der Waals surface area (Å²) in [7, 11) is 0. The third kappa shape index (κ3) is 4.89. The van der Waals surface area contributed by atoms with Crippen molar-refractivity contribution in [3.05, 3.63) is 24.5 Å². The topological polar surface area (TPSA) is 66.2 Å². The van der Waals surface area contributed by atoms with Gasteiger partial charge in [0.15, 0.2) is 0 Å². The van der Waals surface area contributed by atoms with Gasteiger partial charge in [0.05, 0.1) is 11.1 Å². The molecule has 0 bridgehead atoms. The van der Waals surface area contributed by atoms with Gasteiger partial charge in [0.25, 0.3) is 0 Å². The molecule has 0 aromatic carbocycles. The molecule has 2 heterocycles. The van der Waals surface area contributed by atoms with Crippen LogP contribution in [0.1, 0.15) is 45.7 Å². The van der Waals surface area contributed by atoms with Gasteiger partial charge in [-0.3, -0.25) is 9.48 Å². The molecule has 2 rings (SSSR count). The lowest BCUT2D eigenvalue weighted by Gasteiger charge is -2.36. The Morgan fingerprint density at radius 1 is 1.48 bits per heavy atom. The van der Waals surface area contributed by atoms with Crippen molar-refractivity contribution in [3.8, 4) is 0 Å².